The van der Waals surface area contributed by atoms with E-state index in [0.717, 1.165) is 22.5 Å². The highest BCUT2D eigenvalue weighted by molar-refractivity contribution is 6.52. The van der Waals surface area contributed by atoms with E-state index in [2.05, 4.69) is 26.1 Å². The molecule has 0 spiro atoms. The Bertz CT molecular complexity index is 1630. The van der Waals surface area contributed by atoms with Crippen LogP contribution in [0.4, 0.5) is 28.4 Å². The molecule has 0 saturated carbocycles. The molecule has 5 rings (SSSR count). The summed E-state index contributed by atoms with van der Waals surface area (Å²) in [6, 6.07) is 26.2. The maximum Gasteiger partial charge on any atom is 0.213 e. The zero-order chi connectivity index (χ0) is 28.6. The first-order valence-corrected chi connectivity index (χ1v) is 13.0. The summed E-state index contributed by atoms with van der Waals surface area (Å²) in [5.74, 6) is 0.980. The van der Waals surface area contributed by atoms with Crippen molar-refractivity contribution in [3.8, 4) is 11.5 Å². The van der Waals surface area contributed by atoms with Crippen LogP contribution in [0.3, 0.4) is 0 Å². The minimum absolute atomic E-state index is 0.0464. The van der Waals surface area contributed by atoms with Gasteiger partial charge in [-0.05, 0) is 84.8 Å². The number of nitrogens with one attached hydrogen (secondary N) is 2. The van der Waals surface area contributed by atoms with E-state index in [0.29, 0.717) is 34.1 Å². The second-order valence-electron chi connectivity index (χ2n) is 9.17. The Labute approximate surface area is 237 Å². The van der Waals surface area contributed by atoms with E-state index in [1.54, 1.807) is 43.5 Å². The fourth-order valence-corrected chi connectivity index (χ4v) is 4.19. The van der Waals surface area contributed by atoms with Crippen LogP contribution < -0.4 is 20.2 Å². The SMILES string of the molecule is COc1cc(/N=N/c2ccc(OCCO)cc2)c(C)cc1N/N=C1/C=Cc2cc(Nc3ccccc3)ccc2C1=O. The number of Topliss-reactive ketones (excluding diaryl/α,β-unsaturated/α-hetero) is 1. The molecule has 0 radical (unpaired) electrons. The third-order valence-corrected chi connectivity index (χ3v) is 6.30. The molecule has 4 aromatic carbocycles. The Kier molecular flexibility index (Phi) is 8.46. The van der Waals surface area contributed by atoms with Gasteiger partial charge in [0.05, 0.1) is 30.8 Å². The number of ether oxygens (including phenoxy) is 2. The van der Waals surface area contributed by atoms with Gasteiger partial charge in [0.25, 0.3) is 0 Å². The molecule has 0 bridgehead atoms. The molecule has 0 amide bonds. The highest BCUT2D eigenvalue weighted by Crippen LogP contribution is 2.34. The Morgan fingerprint density at radius 2 is 1.68 bits per heavy atom. The standard InChI is InChI=1S/C32H29N5O4/c1-21-18-30(31(40-2)20-29(21)36-34-24-9-12-26(13-10-24)41-17-16-38)37-35-28-15-8-22-19-25(11-14-27(22)32(28)39)33-23-6-4-3-5-7-23/h3-15,18-20,33,37-38H,16-17H2,1-2H3/b35-28-,36-34+. The van der Waals surface area contributed by atoms with E-state index in [1.165, 1.54) is 0 Å². The lowest BCUT2D eigenvalue weighted by Gasteiger charge is -2.15. The van der Waals surface area contributed by atoms with Gasteiger partial charge < -0.3 is 19.9 Å². The van der Waals surface area contributed by atoms with Gasteiger partial charge in [-0.3, -0.25) is 10.2 Å². The summed E-state index contributed by atoms with van der Waals surface area (Å²) < 4.78 is 10.9. The largest absolute Gasteiger partial charge is 0.494 e. The quantitative estimate of drug-likeness (QED) is 0.143. The van der Waals surface area contributed by atoms with E-state index in [-0.39, 0.29) is 24.7 Å². The fourth-order valence-electron chi connectivity index (χ4n) is 4.19. The van der Waals surface area contributed by atoms with Crippen molar-refractivity contribution in [2.75, 3.05) is 31.1 Å². The molecule has 0 saturated heterocycles. The van der Waals surface area contributed by atoms with Crippen LogP contribution in [-0.4, -0.2) is 36.9 Å². The van der Waals surface area contributed by atoms with Crippen molar-refractivity contribution in [3.05, 3.63) is 108 Å². The number of aryl methyl sites for hydroxylation is 1. The molecule has 3 N–H and O–H groups in total. The van der Waals surface area contributed by atoms with Crippen LogP contribution in [0.25, 0.3) is 6.08 Å². The number of benzene rings is 4. The highest BCUT2D eigenvalue weighted by Gasteiger charge is 2.20. The summed E-state index contributed by atoms with van der Waals surface area (Å²) in [5.41, 5.74) is 9.26. The van der Waals surface area contributed by atoms with E-state index < -0.39 is 0 Å². The summed E-state index contributed by atoms with van der Waals surface area (Å²) in [5, 5.41) is 25.3. The van der Waals surface area contributed by atoms with Crippen molar-refractivity contribution >= 4 is 46.0 Å². The van der Waals surface area contributed by atoms with Crippen LogP contribution in [-0.2, 0) is 0 Å². The summed E-state index contributed by atoms with van der Waals surface area (Å²) in [6.45, 7) is 2.09. The van der Waals surface area contributed by atoms with Gasteiger partial charge in [-0.1, -0.05) is 24.3 Å². The lowest BCUT2D eigenvalue weighted by atomic mass is 9.94. The summed E-state index contributed by atoms with van der Waals surface area (Å²) in [6.07, 6.45) is 3.58. The van der Waals surface area contributed by atoms with E-state index >= 15 is 0 Å². The lowest BCUT2D eigenvalue weighted by Crippen LogP contribution is -2.18. The highest BCUT2D eigenvalue weighted by atomic mass is 16.5. The monoisotopic (exact) mass is 547 g/mol. The lowest BCUT2D eigenvalue weighted by molar-refractivity contribution is 0.106. The Hall–Kier alpha value is -5.28. The Morgan fingerprint density at radius 3 is 2.44 bits per heavy atom. The van der Waals surface area contributed by atoms with Crippen LogP contribution in [0, 0.1) is 6.92 Å². The van der Waals surface area contributed by atoms with E-state index in [4.69, 9.17) is 14.6 Å². The van der Waals surface area contributed by atoms with Gasteiger partial charge >= 0.3 is 0 Å². The van der Waals surface area contributed by atoms with E-state index in [1.807, 2.05) is 67.6 Å². The molecule has 206 valence electrons. The van der Waals surface area contributed by atoms with Gasteiger partial charge in [-0.25, -0.2) is 0 Å². The number of azo groups is 1. The summed E-state index contributed by atoms with van der Waals surface area (Å²) in [7, 11) is 1.55. The minimum Gasteiger partial charge on any atom is -0.494 e. The topological polar surface area (TPSA) is 117 Å². The molecule has 41 heavy (non-hydrogen) atoms. The Morgan fingerprint density at radius 1 is 0.878 bits per heavy atom. The number of rotatable bonds is 10. The molecule has 0 atom stereocenters. The number of hydrogen-bond donors (Lipinski definition) is 3. The number of allylic oxidation sites excluding steroid dienone is 1. The van der Waals surface area contributed by atoms with Crippen LogP contribution in [0.15, 0.2) is 106 Å². The number of methoxy groups -OCH3 is 1. The Balaban J connectivity index is 1.29. The molecule has 4 aromatic rings. The third kappa shape index (κ3) is 6.66. The second-order valence-corrected chi connectivity index (χ2v) is 9.17. The maximum atomic E-state index is 13.2. The smallest absolute Gasteiger partial charge is 0.213 e. The molecular weight excluding hydrogens is 518 g/mol. The van der Waals surface area contributed by atoms with Crippen LogP contribution in [0.1, 0.15) is 21.5 Å². The number of para-hydroxylation sites is 1. The normalized spacial score (nSPS) is 13.3. The molecule has 0 aromatic heterocycles. The van der Waals surface area contributed by atoms with Gasteiger partial charge in [0.2, 0.25) is 5.78 Å². The summed E-state index contributed by atoms with van der Waals surface area (Å²) >= 11 is 0. The number of nitrogens with zero attached hydrogens (tertiary/aromatic N) is 3. The average molecular weight is 548 g/mol. The van der Waals surface area contributed by atoms with Crippen LogP contribution >= 0.6 is 0 Å². The van der Waals surface area contributed by atoms with Gasteiger partial charge in [-0.2, -0.15) is 15.3 Å². The van der Waals surface area contributed by atoms with Gasteiger partial charge in [-0.15, -0.1) is 0 Å². The minimum atomic E-state index is -0.171. The van der Waals surface area contributed by atoms with Crippen molar-refractivity contribution in [2.45, 2.75) is 6.92 Å². The van der Waals surface area contributed by atoms with Crippen LogP contribution in [0.5, 0.6) is 11.5 Å². The van der Waals surface area contributed by atoms with Gasteiger partial charge in [0.1, 0.15) is 23.8 Å². The number of ketones is 1. The molecule has 9 nitrogen and oxygen atoms in total. The van der Waals surface area contributed by atoms with Crippen molar-refractivity contribution in [1.29, 1.82) is 0 Å². The van der Waals surface area contributed by atoms with Crippen molar-refractivity contribution < 1.29 is 19.4 Å². The van der Waals surface area contributed by atoms with Crippen LogP contribution in [0.2, 0.25) is 0 Å². The average Bonchev–Trinajstić information content (AvgIpc) is 3.00. The van der Waals surface area contributed by atoms with Gasteiger partial charge in [0, 0.05) is 23.0 Å². The number of carbonyl (C=O) groups excluding carboxylic acids is 1. The molecular formula is C32H29N5O4. The molecule has 9 heteroatoms. The van der Waals surface area contributed by atoms with Gasteiger partial charge in [0.15, 0.2) is 0 Å². The first-order valence-electron chi connectivity index (χ1n) is 13.0. The number of hydrazone groups is 1. The molecule has 0 unspecified atom stereocenters. The number of carbonyl (C=O) groups is 1. The number of hydrogen-bond acceptors (Lipinski definition) is 9. The van der Waals surface area contributed by atoms with Crippen molar-refractivity contribution in [1.82, 2.24) is 0 Å². The molecule has 0 heterocycles. The zero-order valence-corrected chi connectivity index (χ0v) is 22.7. The maximum absolute atomic E-state index is 13.2. The molecule has 0 fully saturated rings. The predicted octanol–water partition coefficient (Wildman–Crippen LogP) is 7.21. The van der Waals surface area contributed by atoms with Crippen molar-refractivity contribution in [3.63, 3.8) is 0 Å². The molecule has 1 aliphatic rings. The van der Waals surface area contributed by atoms with Crippen molar-refractivity contribution in [2.24, 2.45) is 15.3 Å². The third-order valence-electron chi connectivity index (χ3n) is 6.30. The number of aliphatic hydroxyl groups is 1. The molecule has 0 aliphatic heterocycles. The first kappa shape index (κ1) is 27.3. The zero-order valence-electron chi connectivity index (χ0n) is 22.7. The van der Waals surface area contributed by atoms with E-state index in [9.17, 15) is 4.79 Å². The second kappa shape index (κ2) is 12.7. The first-order chi connectivity index (χ1) is 20.0. The fraction of sp³-hybridized carbons (Fsp3) is 0.125. The summed E-state index contributed by atoms with van der Waals surface area (Å²) in [4.78, 5) is 13.2. The number of fused-ring (bicyclic) bond motifs is 1. The molecule has 1 aliphatic carbocycles. The predicted molar refractivity (Wildman–Crippen MR) is 162 cm³/mol. The number of aliphatic hydroxyl groups excluding tert-OH is 1. The number of anilines is 3.